The van der Waals surface area contributed by atoms with Gasteiger partial charge in [-0.3, -0.25) is 19.8 Å². The van der Waals surface area contributed by atoms with Crippen LogP contribution in [0.5, 0.6) is 0 Å². The lowest BCUT2D eigenvalue weighted by Gasteiger charge is -2.23. The van der Waals surface area contributed by atoms with Gasteiger partial charge >= 0.3 is 0 Å². The number of thiazole rings is 1. The molecular formula is C19H15F2N3O4S. The first-order chi connectivity index (χ1) is 13.9. The number of carbonyl (C=O) groups is 1. The van der Waals surface area contributed by atoms with E-state index in [0.29, 0.717) is 6.61 Å². The summed E-state index contributed by atoms with van der Waals surface area (Å²) in [6, 6.07) is 7.24. The van der Waals surface area contributed by atoms with E-state index in [4.69, 9.17) is 4.74 Å². The van der Waals surface area contributed by atoms with Crippen molar-refractivity contribution in [2.45, 2.75) is 18.9 Å². The van der Waals surface area contributed by atoms with Gasteiger partial charge in [-0.2, -0.15) is 0 Å². The van der Waals surface area contributed by atoms with Crippen molar-refractivity contribution in [3.05, 3.63) is 63.7 Å². The van der Waals surface area contributed by atoms with Crippen LogP contribution < -0.4 is 4.90 Å². The molecule has 1 unspecified atom stereocenters. The molecule has 1 aromatic heterocycles. The van der Waals surface area contributed by atoms with Crippen LogP contribution in [0, 0.1) is 21.7 Å². The number of benzene rings is 2. The lowest BCUT2D eigenvalue weighted by atomic mass is 10.1. The summed E-state index contributed by atoms with van der Waals surface area (Å²) >= 11 is 0.975. The van der Waals surface area contributed by atoms with E-state index in [2.05, 4.69) is 4.98 Å². The van der Waals surface area contributed by atoms with Gasteiger partial charge in [-0.05, 0) is 25.0 Å². The van der Waals surface area contributed by atoms with E-state index in [1.165, 1.54) is 29.2 Å². The number of nitro benzene ring substituents is 1. The quantitative estimate of drug-likeness (QED) is 0.454. The summed E-state index contributed by atoms with van der Waals surface area (Å²) in [7, 11) is 0. The Hall–Kier alpha value is -2.98. The lowest BCUT2D eigenvalue weighted by molar-refractivity contribution is -0.384. The number of hydrogen-bond acceptors (Lipinski definition) is 6. The Morgan fingerprint density at radius 3 is 2.90 bits per heavy atom. The number of aromatic nitrogens is 1. The fourth-order valence-corrected chi connectivity index (χ4v) is 4.22. The molecule has 1 atom stereocenters. The lowest BCUT2D eigenvalue weighted by Crippen LogP contribution is -2.37. The molecule has 7 nitrogen and oxygen atoms in total. The number of anilines is 1. The molecule has 1 saturated heterocycles. The molecule has 0 aliphatic carbocycles. The van der Waals surface area contributed by atoms with Crippen molar-refractivity contribution in [3.63, 3.8) is 0 Å². The minimum atomic E-state index is -0.817. The van der Waals surface area contributed by atoms with Crippen molar-refractivity contribution in [1.29, 1.82) is 0 Å². The molecule has 0 bridgehead atoms. The number of amides is 1. The van der Waals surface area contributed by atoms with Crippen molar-refractivity contribution in [3.8, 4) is 0 Å². The van der Waals surface area contributed by atoms with Crippen LogP contribution in [0.2, 0.25) is 0 Å². The Labute approximate surface area is 167 Å². The Morgan fingerprint density at radius 1 is 1.34 bits per heavy atom. The Morgan fingerprint density at radius 2 is 2.17 bits per heavy atom. The maximum atomic E-state index is 14.1. The minimum Gasteiger partial charge on any atom is -0.376 e. The Kier molecular flexibility index (Phi) is 5.20. The van der Waals surface area contributed by atoms with Crippen LogP contribution in [0.3, 0.4) is 0 Å². The van der Waals surface area contributed by atoms with Gasteiger partial charge in [0, 0.05) is 30.4 Å². The highest BCUT2D eigenvalue weighted by molar-refractivity contribution is 7.22. The highest BCUT2D eigenvalue weighted by Gasteiger charge is 2.28. The average molecular weight is 419 g/mol. The number of nitro groups is 1. The maximum Gasteiger partial charge on any atom is 0.270 e. The smallest absolute Gasteiger partial charge is 0.270 e. The van der Waals surface area contributed by atoms with Crippen LogP contribution in [0.1, 0.15) is 23.2 Å². The van der Waals surface area contributed by atoms with E-state index >= 15 is 0 Å². The summed E-state index contributed by atoms with van der Waals surface area (Å²) in [5.74, 6) is -2.08. The van der Waals surface area contributed by atoms with Gasteiger partial charge in [-0.15, -0.1) is 0 Å². The predicted octanol–water partition coefficient (Wildman–Crippen LogP) is 4.31. The molecule has 2 aromatic carbocycles. The molecule has 150 valence electrons. The summed E-state index contributed by atoms with van der Waals surface area (Å²) in [6.07, 6.45) is 1.36. The van der Waals surface area contributed by atoms with Gasteiger partial charge in [0.1, 0.15) is 11.3 Å². The van der Waals surface area contributed by atoms with Gasteiger partial charge in [0.15, 0.2) is 10.9 Å². The van der Waals surface area contributed by atoms with E-state index in [0.717, 1.165) is 36.3 Å². The molecule has 0 radical (unpaired) electrons. The second kappa shape index (κ2) is 7.80. The number of rotatable bonds is 5. The van der Waals surface area contributed by atoms with Crippen LogP contribution in [-0.2, 0) is 4.74 Å². The standard InChI is InChI=1S/C19H15F2N3O4S/c20-12-8-15(21)17-16(9-12)29-19(22-17)23(10-14-5-2-6-28-14)18(25)11-3-1-4-13(7-11)24(26)27/h1,3-4,7-9,14H,2,5-6,10H2. The van der Waals surface area contributed by atoms with Gasteiger partial charge in [0.2, 0.25) is 0 Å². The number of ether oxygens (including phenoxy) is 1. The molecule has 0 saturated carbocycles. The zero-order valence-electron chi connectivity index (χ0n) is 15.0. The van der Waals surface area contributed by atoms with Crippen molar-refractivity contribution in [2.75, 3.05) is 18.1 Å². The first-order valence-electron chi connectivity index (χ1n) is 8.86. The van der Waals surface area contributed by atoms with Gasteiger partial charge in [-0.1, -0.05) is 17.4 Å². The first-order valence-corrected chi connectivity index (χ1v) is 9.67. The summed E-state index contributed by atoms with van der Waals surface area (Å²) in [4.78, 5) is 29.2. The fourth-order valence-electron chi connectivity index (χ4n) is 3.21. The van der Waals surface area contributed by atoms with Gasteiger partial charge in [0.25, 0.3) is 11.6 Å². The molecule has 10 heteroatoms. The molecule has 1 aliphatic heterocycles. The molecule has 1 aliphatic rings. The number of fused-ring (bicyclic) bond motifs is 1. The summed E-state index contributed by atoms with van der Waals surface area (Å²) in [5.41, 5.74) is -0.149. The second-order valence-electron chi connectivity index (χ2n) is 6.59. The zero-order chi connectivity index (χ0) is 20.5. The van der Waals surface area contributed by atoms with Crippen molar-refractivity contribution in [2.24, 2.45) is 0 Å². The van der Waals surface area contributed by atoms with Crippen molar-refractivity contribution >= 4 is 38.3 Å². The van der Waals surface area contributed by atoms with Crippen molar-refractivity contribution < 1.29 is 23.2 Å². The molecule has 1 fully saturated rings. The average Bonchev–Trinajstić information content (AvgIpc) is 3.35. The number of carbonyl (C=O) groups excluding carboxylic acids is 1. The fraction of sp³-hybridized carbons (Fsp3) is 0.263. The van der Waals surface area contributed by atoms with Gasteiger partial charge < -0.3 is 4.74 Å². The zero-order valence-corrected chi connectivity index (χ0v) is 15.8. The molecule has 0 N–H and O–H groups in total. The SMILES string of the molecule is O=C(c1cccc([N+](=O)[O-])c1)N(CC1CCCO1)c1nc2c(F)cc(F)cc2s1. The second-order valence-corrected chi connectivity index (χ2v) is 7.60. The van der Waals surface area contributed by atoms with Crippen LogP contribution >= 0.6 is 11.3 Å². The number of halogens is 2. The number of hydrogen-bond donors (Lipinski definition) is 0. The highest BCUT2D eigenvalue weighted by atomic mass is 32.1. The maximum absolute atomic E-state index is 14.1. The summed E-state index contributed by atoms with van der Waals surface area (Å²) < 4.78 is 33.5. The number of non-ortho nitro benzene ring substituents is 1. The molecule has 3 aromatic rings. The third-order valence-electron chi connectivity index (χ3n) is 4.59. The van der Waals surface area contributed by atoms with Crippen LogP contribution in [0.4, 0.5) is 19.6 Å². The molecule has 4 rings (SSSR count). The van der Waals surface area contributed by atoms with Crippen molar-refractivity contribution in [1.82, 2.24) is 4.98 Å². The topological polar surface area (TPSA) is 85.6 Å². The third-order valence-corrected chi connectivity index (χ3v) is 5.62. The van der Waals surface area contributed by atoms with Crippen LogP contribution in [-0.4, -0.2) is 35.1 Å². The van der Waals surface area contributed by atoms with Crippen LogP contribution in [0.25, 0.3) is 10.2 Å². The molecule has 1 amide bonds. The van der Waals surface area contributed by atoms with E-state index in [-0.39, 0.29) is 39.2 Å². The van der Waals surface area contributed by atoms with E-state index in [9.17, 15) is 23.7 Å². The first kappa shape index (κ1) is 19.3. The van der Waals surface area contributed by atoms with Crippen LogP contribution in [0.15, 0.2) is 36.4 Å². The molecular weight excluding hydrogens is 404 g/mol. The van der Waals surface area contributed by atoms with Gasteiger partial charge in [0.05, 0.1) is 22.3 Å². The highest BCUT2D eigenvalue weighted by Crippen LogP contribution is 2.33. The number of nitrogens with zero attached hydrogens (tertiary/aromatic N) is 3. The summed E-state index contributed by atoms with van der Waals surface area (Å²) in [6.45, 7) is 0.731. The largest absolute Gasteiger partial charge is 0.376 e. The minimum absolute atomic E-state index is 0.0319. The monoisotopic (exact) mass is 419 g/mol. The Bertz CT molecular complexity index is 1100. The third kappa shape index (κ3) is 3.94. The predicted molar refractivity (Wildman–Crippen MR) is 103 cm³/mol. The summed E-state index contributed by atoms with van der Waals surface area (Å²) in [5, 5.41) is 11.2. The van der Waals surface area contributed by atoms with Gasteiger partial charge in [-0.25, -0.2) is 13.8 Å². The van der Waals surface area contributed by atoms with E-state index in [1.807, 2.05) is 0 Å². The van der Waals surface area contributed by atoms with E-state index < -0.39 is 22.5 Å². The normalized spacial score (nSPS) is 16.3. The molecule has 2 heterocycles. The Balaban J connectivity index is 1.75. The molecule has 29 heavy (non-hydrogen) atoms. The molecule has 0 spiro atoms. The van der Waals surface area contributed by atoms with E-state index in [1.54, 1.807) is 0 Å².